The van der Waals surface area contributed by atoms with Gasteiger partial charge in [0, 0.05) is 19.3 Å². The summed E-state index contributed by atoms with van der Waals surface area (Å²) in [6.07, 6.45) is 2.61. The number of ether oxygens (including phenoxy) is 4. The Hall–Kier alpha value is -5.68. The van der Waals surface area contributed by atoms with Gasteiger partial charge in [0.1, 0.15) is 49.4 Å². The first-order valence-electron chi connectivity index (χ1n) is 23.3. The van der Waals surface area contributed by atoms with E-state index in [4.69, 9.17) is 18.9 Å². The SMILES string of the molecule is CC#CCOc1ccc(C(C)(C)C)cc1Cc1cc(C(C)(C)C)cc(Cc2cc(C(C)(C)C)cc(Cc3cc(C(C)(C)C)cc(CC)c3OCC#CC)c2OCC#CC)c1OCC#CC. The predicted octanol–water partition coefficient (Wildman–Crippen LogP) is 13.8. The lowest BCUT2D eigenvalue weighted by Gasteiger charge is -2.27. The summed E-state index contributed by atoms with van der Waals surface area (Å²) in [5, 5.41) is 0. The molecule has 0 spiro atoms. The normalized spacial score (nSPS) is 11.5. The van der Waals surface area contributed by atoms with Gasteiger partial charge >= 0.3 is 0 Å². The highest BCUT2D eigenvalue weighted by Crippen LogP contribution is 2.42. The molecule has 0 amide bonds. The number of hydrogen-bond donors (Lipinski definition) is 0. The molecule has 0 saturated carbocycles. The Labute approximate surface area is 395 Å². The molecule has 4 nitrogen and oxygen atoms in total. The Bertz CT molecular complexity index is 2550. The Morgan fingerprint density at radius 1 is 0.354 bits per heavy atom. The average Bonchev–Trinajstić information content (AvgIpc) is 3.21. The molecule has 0 aliphatic heterocycles. The van der Waals surface area contributed by atoms with Crippen LogP contribution < -0.4 is 18.9 Å². The van der Waals surface area contributed by atoms with Crippen molar-refractivity contribution >= 4 is 0 Å². The molecule has 0 saturated heterocycles. The third-order valence-electron chi connectivity index (χ3n) is 11.6. The summed E-state index contributed by atoms with van der Waals surface area (Å²) in [7, 11) is 0. The molecular weight excluding hydrogens is 797 g/mol. The molecule has 0 unspecified atom stereocenters. The number of benzene rings is 4. The van der Waals surface area contributed by atoms with E-state index in [0.29, 0.717) is 32.5 Å². The molecule has 0 radical (unpaired) electrons. The molecule has 0 aromatic heterocycles. The van der Waals surface area contributed by atoms with Crippen LogP contribution in [0.15, 0.2) is 54.6 Å². The van der Waals surface area contributed by atoms with Crippen LogP contribution in [0.5, 0.6) is 23.0 Å². The summed E-state index contributed by atoms with van der Waals surface area (Å²) in [4.78, 5) is 0. The minimum Gasteiger partial charge on any atom is -0.481 e. The standard InChI is InChI=1S/C61H76O4/c1-18-23-29-62-54-28-27-50(58(6,7)8)37-44(54)33-45-38-52(60(12,13)14)41-48(56(45)64-31-25-20-3)35-49-42-53(61(15,16)17)40-47(57(49)65-32-26-21-4)34-46-39-51(59(9,10)11)36-43(22-5)55(46)63-30-24-19-2/h27-28,36-42H,22,29-35H2,1-17H3. The van der Waals surface area contributed by atoms with E-state index >= 15 is 0 Å². The Balaban J connectivity index is 2.10. The maximum atomic E-state index is 6.86. The van der Waals surface area contributed by atoms with Crippen LogP contribution in [0, 0.1) is 47.4 Å². The maximum Gasteiger partial charge on any atom is 0.149 e. The largest absolute Gasteiger partial charge is 0.481 e. The van der Waals surface area contributed by atoms with Gasteiger partial charge in [0.05, 0.1) is 0 Å². The highest BCUT2D eigenvalue weighted by atomic mass is 16.5. The van der Waals surface area contributed by atoms with Gasteiger partial charge < -0.3 is 18.9 Å². The minimum atomic E-state index is -0.159. The van der Waals surface area contributed by atoms with E-state index in [1.54, 1.807) is 0 Å². The molecule has 65 heavy (non-hydrogen) atoms. The number of rotatable bonds is 15. The first-order chi connectivity index (χ1) is 30.5. The van der Waals surface area contributed by atoms with Crippen molar-refractivity contribution in [3.05, 3.63) is 116 Å². The van der Waals surface area contributed by atoms with Crippen molar-refractivity contribution in [3.63, 3.8) is 0 Å². The third-order valence-corrected chi connectivity index (χ3v) is 11.6. The predicted molar refractivity (Wildman–Crippen MR) is 274 cm³/mol. The van der Waals surface area contributed by atoms with Crippen molar-refractivity contribution in [3.8, 4) is 70.4 Å². The lowest BCUT2D eigenvalue weighted by molar-refractivity contribution is 0.355. The van der Waals surface area contributed by atoms with Gasteiger partial charge in [-0.25, -0.2) is 0 Å². The van der Waals surface area contributed by atoms with Crippen LogP contribution in [-0.2, 0) is 47.3 Å². The summed E-state index contributed by atoms with van der Waals surface area (Å²) in [6, 6.07) is 20.5. The fourth-order valence-corrected chi connectivity index (χ4v) is 7.71. The summed E-state index contributed by atoms with van der Waals surface area (Å²) in [5.74, 6) is 28.1. The topological polar surface area (TPSA) is 36.9 Å². The van der Waals surface area contributed by atoms with Gasteiger partial charge in [-0.2, -0.15) is 0 Å². The molecule has 0 fully saturated rings. The van der Waals surface area contributed by atoms with E-state index in [1.165, 1.54) is 27.8 Å². The highest BCUT2D eigenvalue weighted by molar-refractivity contribution is 5.58. The zero-order chi connectivity index (χ0) is 48.2. The third kappa shape index (κ3) is 14.4. The second kappa shape index (κ2) is 22.5. The Kier molecular flexibility index (Phi) is 18.0. The molecule has 4 aromatic carbocycles. The van der Waals surface area contributed by atoms with Crippen molar-refractivity contribution in [2.75, 3.05) is 26.4 Å². The van der Waals surface area contributed by atoms with Gasteiger partial charge in [0.25, 0.3) is 0 Å². The van der Waals surface area contributed by atoms with Crippen molar-refractivity contribution in [2.45, 2.75) is 165 Å². The van der Waals surface area contributed by atoms with Gasteiger partial charge in [-0.05, 0) is 123 Å². The summed E-state index contributed by atoms with van der Waals surface area (Å²) in [6.45, 7) is 38.0. The zero-order valence-electron chi connectivity index (χ0n) is 43.0. The van der Waals surface area contributed by atoms with Crippen LogP contribution in [0.1, 0.15) is 179 Å². The van der Waals surface area contributed by atoms with Crippen LogP contribution >= 0.6 is 0 Å². The molecular formula is C61H76O4. The lowest BCUT2D eigenvalue weighted by Crippen LogP contribution is -2.17. The average molecular weight is 873 g/mol. The van der Waals surface area contributed by atoms with E-state index in [9.17, 15) is 0 Å². The molecule has 0 atom stereocenters. The molecule has 0 N–H and O–H groups in total. The minimum absolute atomic E-state index is 0.0536. The number of aryl methyl sites for hydroxylation is 1. The van der Waals surface area contributed by atoms with E-state index < -0.39 is 0 Å². The van der Waals surface area contributed by atoms with Gasteiger partial charge in [-0.15, -0.1) is 23.7 Å². The quantitative estimate of drug-likeness (QED) is 0.112. The molecule has 0 heterocycles. The molecule has 0 aliphatic carbocycles. The zero-order valence-corrected chi connectivity index (χ0v) is 43.0. The molecule has 4 aromatic rings. The van der Waals surface area contributed by atoms with Gasteiger partial charge in [-0.3, -0.25) is 0 Å². The Morgan fingerprint density at radius 3 is 0.938 bits per heavy atom. The van der Waals surface area contributed by atoms with Crippen molar-refractivity contribution in [1.29, 1.82) is 0 Å². The fourth-order valence-electron chi connectivity index (χ4n) is 7.71. The first kappa shape index (κ1) is 51.9. The summed E-state index contributed by atoms with van der Waals surface area (Å²) >= 11 is 0. The summed E-state index contributed by atoms with van der Waals surface area (Å²) < 4.78 is 26.6. The second-order valence-corrected chi connectivity index (χ2v) is 20.9. The second-order valence-electron chi connectivity index (χ2n) is 20.9. The van der Waals surface area contributed by atoms with E-state index in [2.05, 4.69) is 192 Å². The van der Waals surface area contributed by atoms with E-state index in [-0.39, 0.29) is 34.9 Å². The molecule has 0 aliphatic rings. The van der Waals surface area contributed by atoms with Crippen molar-refractivity contribution in [1.82, 2.24) is 0 Å². The van der Waals surface area contributed by atoms with Crippen LogP contribution in [0.3, 0.4) is 0 Å². The maximum absolute atomic E-state index is 6.86. The van der Waals surface area contributed by atoms with Crippen LogP contribution in [-0.4, -0.2) is 26.4 Å². The van der Waals surface area contributed by atoms with Crippen molar-refractivity contribution in [2.24, 2.45) is 0 Å². The smallest absolute Gasteiger partial charge is 0.149 e. The first-order valence-corrected chi connectivity index (χ1v) is 23.3. The van der Waals surface area contributed by atoms with Gasteiger partial charge in [0.15, 0.2) is 0 Å². The van der Waals surface area contributed by atoms with Crippen LogP contribution in [0.4, 0.5) is 0 Å². The highest BCUT2D eigenvalue weighted by Gasteiger charge is 2.27. The van der Waals surface area contributed by atoms with Crippen LogP contribution in [0.25, 0.3) is 0 Å². The van der Waals surface area contributed by atoms with Crippen LogP contribution in [0.2, 0.25) is 0 Å². The molecule has 0 bridgehead atoms. The van der Waals surface area contributed by atoms with E-state index in [1.807, 2.05) is 27.7 Å². The lowest BCUT2D eigenvalue weighted by atomic mass is 9.80. The molecule has 4 heteroatoms. The van der Waals surface area contributed by atoms with Gasteiger partial charge in [0.2, 0.25) is 0 Å². The Morgan fingerprint density at radius 2 is 0.631 bits per heavy atom. The van der Waals surface area contributed by atoms with E-state index in [0.717, 1.165) is 62.8 Å². The van der Waals surface area contributed by atoms with Crippen molar-refractivity contribution < 1.29 is 18.9 Å². The molecule has 344 valence electrons. The molecule has 4 rings (SSSR count). The fraction of sp³-hybridized carbons (Fsp3) is 0.475. The van der Waals surface area contributed by atoms with Gasteiger partial charge in [-0.1, -0.05) is 162 Å². The monoisotopic (exact) mass is 873 g/mol. The summed E-state index contributed by atoms with van der Waals surface area (Å²) in [5.41, 5.74) is 12.2. The number of hydrogen-bond acceptors (Lipinski definition) is 4.